The zero-order valence-corrected chi connectivity index (χ0v) is 25.0. The minimum atomic E-state index is -0.458. The summed E-state index contributed by atoms with van der Waals surface area (Å²) in [7, 11) is 0. The third kappa shape index (κ3) is 8.87. The molecule has 41 heavy (non-hydrogen) atoms. The number of aromatic nitrogens is 2. The van der Waals surface area contributed by atoms with E-state index < -0.39 is 5.60 Å². The number of carbonyl (C=O) groups excluding carboxylic acids is 2. The zero-order valence-electron chi connectivity index (χ0n) is 25.0. The van der Waals surface area contributed by atoms with Crippen molar-refractivity contribution in [3.8, 4) is 0 Å². The summed E-state index contributed by atoms with van der Waals surface area (Å²) in [5.74, 6) is 0.534. The van der Waals surface area contributed by atoms with Crippen LogP contribution in [0.5, 0.6) is 0 Å². The van der Waals surface area contributed by atoms with Crippen LogP contribution in [0.4, 0.5) is 0 Å². The van der Waals surface area contributed by atoms with Gasteiger partial charge in [0.1, 0.15) is 11.3 Å². The standard InChI is InChI=1S/C32H46N4O5/c1-31(2,3)41-29(37)12-20-39-19-11-25-4-6-26(7-5-25)22-34-16-13-32(14-17-34)24-35(18-21-40-32)30(38)28-10-15-36(33-28)23-27-8-9-27/h4-7,10,15,27H,8-9,11-14,16-24H2,1-3H3. The predicted octanol–water partition coefficient (Wildman–Crippen LogP) is 4.09. The van der Waals surface area contributed by atoms with Crippen LogP contribution < -0.4 is 0 Å². The molecule has 3 aliphatic rings. The highest BCUT2D eigenvalue weighted by Crippen LogP contribution is 2.32. The van der Waals surface area contributed by atoms with Crippen molar-refractivity contribution >= 4 is 11.9 Å². The van der Waals surface area contributed by atoms with Crippen molar-refractivity contribution in [1.82, 2.24) is 19.6 Å². The molecule has 1 aromatic carbocycles. The number of amides is 1. The van der Waals surface area contributed by atoms with Gasteiger partial charge in [0.2, 0.25) is 0 Å². The third-order valence-electron chi connectivity index (χ3n) is 8.14. The lowest BCUT2D eigenvalue weighted by Gasteiger charge is -2.47. The van der Waals surface area contributed by atoms with E-state index in [1.54, 1.807) is 0 Å². The molecule has 2 aromatic rings. The van der Waals surface area contributed by atoms with Crippen LogP contribution in [0.2, 0.25) is 0 Å². The van der Waals surface area contributed by atoms with Gasteiger partial charge in [-0.3, -0.25) is 19.2 Å². The fourth-order valence-corrected chi connectivity index (χ4v) is 5.65. The average Bonchev–Trinajstić information content (AvgIpc) is 3.63. The van der Waals surface area contributed by atoms with Gasteiger partial charge in [0.15, 0.2) is 0 Å². The van der Waals surface area contributed by atoms with Crippen molar-refractivity contribution in [3.63, 3.8) is 0 Å². The second-order valence-corrected chi connectivity index (χ2v) is 12.9. The first-order chi connectivity index (χ1) is 19.7. The number of likely N-dealkylation sites (tertiary alicyclic amines) is 1. The summed E-state index contributed by atoms with van der Waals surface area (Å²) >= 11 is 0. The van der Waals surface area contributed by atoms with E-state index >= 15 is 0 Å². The molecular formula is C32H46N4O5. The average molecular weight is 567 g/mol. The van der Waals surface area contributed by atoms with E-state index in [4.69, 9.17) is 14.2 Å². The SMILES string of the molecule is CC(C)(C)OC(=O)CCOCCc1ccc(CN2CCC3(CC2)CN(C(=O)c2ccn(CC4CC4)n2)CCO3)cc1. The molecule has 0 atom stereocenters. The van der Waals surface area contributed by atoms with Gasteiger partial charge in [-0.2, -0.15) is 5.10 Å². The Labute approximate surface area is 244 Å². The summed E-state index contributed by atoms with van der Waals surface area (Å²) in [5, 5.41) is 4.56. The van der Waals surface area contributed by atoms with Crippen molar-refractivity contribution in [2.75, 3.05) is 46.0 Å². The van der Waals surface area contributed by atoms with Gasteiger partial charge in [0.05, 0.1) is 38.4 Å². The monoisotopic (exact) mass is 566 g/mol. The van der Waals surface area contributed by atoms with E-state index in [2.05, 4.69) is 34.3 Å². The summed E-state index contributed by atoms with van der Waals surface area (Å²) in [6, 6.07) is 10.6. The highest BCUT2D eigenvalue weighted by molar-refractivity contribution is 5.92. The number of esters is 1. The molecule has 2 aliphatic heterocycles. The second kappa shape index (κ2) is 13.0. The molecule has 0 N–H and O–H groups in total. The van der Waals surface area contributed by atoms with Crippen LogP contribution in [0.15, 0.2) is 36.5 Å². The summed E-state index contributed by atoms with van der Waals surface area (Å²) < 4.78 is 19.2. The van der Waals surface area contributed by atoms with Crippen LogP contribution in [0.25, 0.3) is 0 Å². The number of hydrogen-bond acceptors (Lipinski definition) is 7. The van der Waals surface area contributed by atoms with Gasteiger partial charge in [0, 0.05) is 38.9 Å². The van der Waals surface area contributed by atoms with Crippen molar-refractivity contribution in [1.29, 1.82) is 0 Å². The normalized spacial score (nSPS) is 19.4. The Morgan fingerprint density at radius 1 is 1.02 bits per heavy atom. The van der Waals surface area contributed by atoms with E-state index in [0.717, 1.165) is 51.4 Å². The number of ether oxygens (including phenoxy) is 3. The maximum atomic E-state index is 13.2. The molecule has 1 saturated carbocycles. The van der Waals surface area contributed by atoms with E-state index in [0.29, 0.717) is 38.6 Å². The Morgan fingerprint density at radius 3 is 2.46 bits per heavy atom. The smallest absolute Gasteiger partial charge is 0.308 e. The molecule has 1 amide bonds. The van der Waals surface area contributed by atoms with Crippen molar-refractivity contribution in [2.45, 2.75) is 83.6 Å². The fraction of sp³-hybridized carbons (Fsp3) is 0.656. The zero-order chi connectivity index (χ0) is 28.9. The van der Waals surface area contributed by atoms with E-state index in [1.807, 2.05) is 42.6 Å². The van der Waals surface area contributed by atoms with Gasteiger partial charge in [-0.25, -0.2) is 0 Å². The van der Waals surface area contributed by atoms with Crippen LogP contribution in [-0.4, -0.2) is 88.7 Å². The highest BCUT2D eigenvalue weighted by atomic mass is 16.6. The molecule has 0 bridgehead atoms. The van der Waals surface area contributed by atoms with Crippen LogP contribution >= 0.6 is 0 Å². The molecule has 0 unspecified atom stereocenters. The lowest BCUT2D eigenvalue weighted by Crippen LogP contribution is -2.58. The Bertz CT molecular complexity index is 1160. The second-order valence-electron chi connectivity index (χ2n) is 12.9. The Balaban J connectivity index is 1.01. The van der Waals surface area contributed by atoms with Gasteiger partial charge in [-0.1, -0.05) is 24.3 Å². The minimum Gasteiger partial charge on any atom is -0.460 e. The number of nitrogens with zero attached hydrogens (tertiary/aromatic N) is 4. The first-order valence-corrected chi connectivity index (χ1v) is 15.2. The molecule has 3 fully saturated rings. The number of benzene rings is 1. The van der Waals surface area contributed by atoms with Gasteiger partial charge in [-0.15, -0.1) is 0 Å². The van der Waals surface area contributed by atoms with E-state index in [9.17, 15) is 9.59 Å². The molecule has 5 rings (SSSR count). The maximum Gasteiger partial charge on any atom is 0.308 e. The Kier molecular flexibility index (Phi) is 9.46. The molecule has 1 aromatic heterocycles. The van der Waals surface area contributed by atoms with Gasteiger partial charge in [-0.05, 0) is 76.0 Å². The molecule has 1 spiro atoms. The number of piperidine rings is 1. The predicted molar refractivity (Wildman–Crippen MR) is 155 cm³/mol. The summed E-state index contributed by atoms with van der Waals surface area (Å²) in [4.78, 5) is 29.4. The summed E-state index contributed by atoms with van der Waals surface area (Å²) in [5.41, 5.74) is 2.35. The number of morpholine rings is 1. The lowest BCUT2D eigenvalue weighted by atomic mass is 9.89. The minimum absolute atomic E-state index is 0.0261. The molecule has 9 heteroatoms. The summed E-state index contributed by atoms with van der Waals surface area (Å²) in [6.45, 7) is 12.1. The number of rotatable bonds is 11. The van der Waals surface area contributed by atoms with Gasteiger partial charge in [0.25, 0.3) is 5.91 Å². The highest BCUT2D eigenvalue weighted by Gasteiger charge is 2.41. The molecule has 224 valence electrons. The van der Waals surface area contributed by atoms with Crippen molar-refractivity contribution in [2.24, 2.45) is 5.92 Å². The maximum absolute atomic E-state index is 13.2. The van der Waals surface area contributed by atoms with Crippen LogP contribution in [0.3, 0.4) is 0 Å². The Morgan fingerprint density at radius 2 is 1.76 bits per heavy atom. The lowest BCUT2D eigenvalue weighted by molar-refractivity contribution is -0.156. The first-order valence-electron chi connectivity index (χ1n) is 15.2. The fourth-order valence-electron chi connectivity index (χ4n) is 5.65. The summed E-state index contributed by atoms with van der Waals surface area (Å²) in [6.07, 6.45) is 7.42. The molecule has 0 radical (unpaired) electrons. The quantitative estimate of drug-likeness (QED) is 0.299. The molecular weight excluding hydrogens is 520 g/mol. The largest absolute Gasteiger partial charge is 0.460 e. The first kappa shape index (κ1) is 29.7. The number of carbonyl (C=O) groups is 2. The molecule has 9 nitrogen and oxygen atoms in total. The van der Waals surface area contributed by atoms with Crippen LogP contribution in [-0.2, 0) is 38.5 Å². The molecule has 3 heterocycles. The third-order valence-corrected chi connectivity index (χ3v) is 8.14. The van der Waals surface area contributed by atoms with Crippen molar-refractivity contribution in [3.05, 3.63) is 53.3 Å². The molecule has 2 saturated heterocycles. The van der Waals surface area contributed by atoms with E-state index in [1.165, 1.54) is 24.0 Å². The van der Waals surface area contributed by atoms with Gasteiger partial charge >= 0.3 is 5.97 Å². The van der Waals surface area contributed by atoms with Crippen molar-refractivity contribution < 1.29 is 23.8 Å². The number of hydrogen-bond donors (Lipinski definition) is 0. The Hall–Kier alpha value is -2.75. The topological polar surface area (TPSA) is 86.1 Å². The molecule has 1 aliphatic carbocycles. The van der Waals surface area contributed by atoms with Crippen LogP contribution in [0, 0.1) is 5.92 Å². The van der Waals surface area contributed by atoms with E-state index in [-0.39, 0.29) is 23.9 Å². The van der Waals surface area contributed by atoms with Crippen LogP contribution in [0.1, 0.15) is 74.5 Å². The van der Waals surface area contributed by atoms with Gasteiger partial charge < -0.3 is 19.1 Å².